The number of anilines is 1. The number of allylic oxidation sites excluding steroid dienone is 5. The molecule has 0 aromatic heterocycles. The maximum Gasteiger partial charge on any atom is 0.303 e. The predicted octanol–water partition coefficient (Wildman–Crippen LogP) is 5.19. The molecule has 14 heteroatoms. The molecule has 3 aliphatic rings. The van der Waals surface area contributed by atoms with E-state index in [1.54, 1.807) is 26.0 Å². The van der Waals surface area contributed by atoms with Crippen LogP contribution in [0.15, 0.2) is 85.9 Å². The van der Waals surface area contributed by atoms with Crippen molar-refractivity contribution in [1.29, 1.82) is 0 Å². The predicted molar refractivity (Wildman–Crippen MR) is 170 cm³/mol. The molecule has 4 N–H and O–H groups in total. The molecule has 2 aromatic rings. The van der Waals surface area contributed by atoms with Gasteiger partial charge in [0.15, 0.2) is 0 Å². The summed E-state index contributed by atoms with van der Waals surface area (Å²) in [6.45, 7) is 7.65. The number of carboxylic acid groups (broad SMARTS) is 1. The van der Waals surface area contributed by atoms with Gasteiger partial charge in [-0.25, -0.2) is 0 Å². The SMILES string of the molecule is CC1(C)C(/C=C2/C(=O)C(C=C3N(CCCCCC(=O)O)c4ccc(S(=O)(=O)O)cc4C3(C)C)=C2O)=Nc2ccc(S(=O)(=O)O)cc21. The van der Waals surface area contributed by atoms with E-state index in [1.807, 2.05) is 18.7 Å². The summed E-state index contributed by atoms with van der Waals surface area (Å²) in [6, 6.07) is 8.28. The van der Waals surface area contributed by atoms with Crippen LogP contribution in [0.25, 0.3) is 0 Å². The molecule has 2 aromatic carbocycles. The van der Waals surface area contributed by atoms with Crippen LogP contribution in [0.4, 0.5) is 11.4 Å². The van der Waals surface area contributed by atoms with E-state index in [0.29, 0.717) is 59.7 Å². The average Bonchev–Trinajstić information content (AvgIpc) is 3.33. The second-order valence-corrected chi connectivity index (χ2v) is 15.4. The quantitative estimate of drug-likeness (QED) is 0.147. The number of aliphatic carboxylic acids is 1. The van der Waals surface area contributed by atoms with Crippen molar-refractivity contribution in [2.24, 2.45) is 4.99 Å². The Hall–Kier alpha value is -4.11. The van der Waals surface area contributed by atoms with Crippen molar-refractivity contribution in [3.05, 3.63) is 82.3 Å². The highest BCUT2D eigenvalue weighted by atomic mass is 32.2. The average molecular weight is 671 g/mol. The number of hydrogen-bond donors (Lipinski definition) is 4. The second-order valence-electron chi connectivity index (χ2n) is 12.6. The normalized spacial score (nSPS) is 20.2. The fourth-order valence-electron chi connectivity index (χ4n) is 6.12. The van der Waals surface area contributed by atoms with E-state index in [1.165, 1.54) is 36.4 Å². The zero-order valence-corrected chi connectivity index (χ0v) is 27.2. The van der Waals surface area contributed by atoms with E-state index in [0.717, 1.165) is 0 Å². The van der Waals surface area contributed by atoms with Gasteiger partial charge in [-0.3, -0.25) is 23.7 Å². The Labute approximate surface area is 267 Å². The van der Waals surface area contributed by atoms with Crippen LogP contribution in [0.2, 0.25) is 0 Å². The molecule has 0 saturated heterocycles. The van der Waals surface area contributed by atoms with E-state index in [4.69, 9.17) is 5.11 Å². The number of carbonyl (C=O) groups excluding carboxylic acids is 1. The van der Waals surface area contributed by atoms with Crippen LogP contribution in [0.3, 0.4) is 0 Å². The zero-order chi connectivity index (χ0) is 34.0. The van der Waals surface area contributed by atoms with Crippen LogP contribution in [0.5, 0.6) is 0 Å². The number of carboxylic acids is 1. The van der Waals surface area contributed by atoms with E-state index < -0.39 is 42.8 Å². The highest BCUT2D eigenvalue weighted by Crippen LogP contribution is 2.50. The lowest BCUT2D eigenvalue weighted by atomic mass is 9.77. The van der Waals surface area contributed by atoms with Crippen molar-refractivity contribution in [2.75, 3.05) is 11.4 Å². The minimum atomic E-state index is -4.49. The standard InChI is InChI=1S/C32H34N2O10S2/c1-31(2)22-14-18(45(39,40)41)9-11-24(22)33-26(31)16-20-29(37)21(30(20)38)17-27-32(3,4)23-15-19(46(42,43)44)10-12-25(23)34(27)13-7-5-6-8-28(35)36/h9-12,14-17,37H,5-8,13H2,1-4H3,(H,35,36)(H,39,40,41)(H,42,43,44)/b20-16+,27-17?. The van der Waals surface area contributed by atoms with Crippen molar-refractivity contribution in [1.82, 2.24) is 0 Å². The van der Waals surface area contributed by atoms with E-state index in [9.17, 15) is 40.6 Å². The Morgan fingerprint density at radius 2 is 1.48 bits per heavy atom. The fraction of sp³-hybridized carbons (Fsp3) is 0.344. The molecule has 0 radical (unpaired) electrons. The summed E-state index contributed by atoms with van der Waals surface area (Å²) in [7, 11) is -8.94. The van der Waals surface area contributed by atoms with Crippen molar-refractivity contribution in [3.63, 3.8) is 0 Å². The second kappa shape index (κ2) is 11.3. The first-order valence-corrected chi connectivity index (χ1v) is 17.4. The number of aliphatic hydroxyl groups excluding tert-OH is 1. The van der Waals surface area contributed by atoms with Gasteiger partial charge in [0.2, 0.25) is 5.78 Å². The van der Waals surface area contributed by atoms with E-state index in [-0.39, 0.29) is 33.1 Å². The Kier molecular flexibility index (Phi) is 8.17. The minimum absolute atomic E-state index is 0.0173. The lowest BCUT2D eigenvalue weighted by molar-refractivity contribution is -0.137. The summed E-state index contributed by atoms with van der Waals surface area (Å²) < 4.78 is 66.4. The van der Waals surface area contributed by atoms with Crippen LogP contribution in [0, 0.1) is 0 Å². The summed E-state index contributed by atoms with van der Waals surface area (Å²) in [4.78, 5) is 30.3. The number of benzene rings is 2. The molecule has 244 valence electrons. The molecular weight excluding hydrogens is 636 g/mol. The largest absolute Gasteiger partial charge is 0.506 e. The third kappa shape index (κ3) is 5.81. The topological polar surface area (TPSA) is 199 Å². The molecule has 0 fully saturated rings. The molecule has 5 rings (SSSR count). The maximum absolute atomic E-state index is 13.5. The number of carbonyl (C=O) groups is 2. The van der Waals surface area contributed by atoms with Gasteiger partial charge in [-0.05, 0) is 72.5 Å². The monoisotopic (exact) mass is 670 g/mol. The molecule has 0 spiro atoms. The minimum Gasteiger partial charge on any atom is -0.506 e. The van der Waals surface area contributed by atoms with Crippen LogP contribution in [-0.4, -0.2) is 60.2 Å². The molecule has 46 heavy (non-hydrogen) atoms. The number of ketones is 1. The fourth-order valence-corrected chi connectivity index (χ4v) is 7.13. The van der Waals surface area contributed by atoms with Gasteiger partial charge >= 0.3 is 5.97 Å². The molecule has 2 heterocycles. The zero-order valence-electron chi connectivity index (χ0n) is 25.6. The molecule has 0 bridgehead atoms. The lowest BCUT2D eigenvalue weighted by Crippen LogP contribution is -2.31. The first kappa shape index (κ1) is 33.3. The van der Waals surface area contributed by atoms with E-state index in [2.05, 4.69) is 4.99 Å². The van der Waals surface area contributed by atoms with Gasteiger partial charge in [-0.15, -0.1) is 0 Å². The van der Waals surface area contributed by atoms with Gasteiger partial charge in [-0.2, -0.15) is 16.8 Å². The Morgan fingerprint density at radius 1 is 0.870 bits per heavy atom. The highest BCUT2D eigenvalue weighted by Gasteiger charge is 2.44. The molecule has 0 saturated carbocycles. The number of nitrogens with zero attached hydrogens (tertiary/aromatic N) is 2. The van der Waals surface area contributed by atoms with Crippen molar-refractivity contribution < 1.29 is 45.7 Å². The number of fused-ring (bicyclic) bond motifs is 2. The number of unbranched alkanes of at least 4 members (excludes halogenated alkanes) is 2. The molecule has 0 atom stereocenters. The molecule has 0 unspecified atom stereocenters. The van der Waals surface area contributed by atoms with Gasteiger partial charge in [0.1, 0.15) is 5.76 Å². The number of aliphatic hydroxyl groups is 1. The van der Waals surface area contributed by atoms with Crippen LogP contribution in [0.1, 0.15) is 64.5 Å². The number of rotatable bonds is 10. The Bertz CT molecular complexity index is 2040. The van der Waals surface area contributed by atoms with Gasteiger partial charge < -0.3 is 15.1 Å². The van der Waals surface area contributed by atoms with Crippen molar-refractivity contribution >= 4 is 49.1 Å². The molecule has 0 amide bonds. The number of Topliss-reactive ketones (excluding diaryl/α,β-unsaturated/α-hetero) is 1. The first-order chi connectivity index (χ1) is 21.2. The Balaban J connectivity index is 1.50. The first-order valence-electron chi connectivity index (χ1n) is 14.5. The van der Waals surface area contributed by atoms with Crippen molar-refractivity contribution in [3.8, 4) is 0 Å². The third-order valence-corrected chi connectivity index (χ3v) is 10.5. The summed E-state index contributed by atoms with van der Waals surface area (Å²) >= 11 is 0. The number of hydrogen-bond acceptors (Lipinski definition) is 9. The van der Waals surface area contributed by atoms with Crippen LogP contribution < -0.4 is 4.90 Å². The molecule has 1 aliphatic carbocycles. The number of aliphatic imine (C=N–C) groups is 1. The smallest absolute Gasteiger partial charge is 0.303 e. The van der Waals surface area contributed by atoms with Crippen LogP contribution in [-0.2, 0) is 40.7 Å². The molecule has 2 aliphatic heterocycles. The van der Waals surface area contributed by atoms with Gasteiger partial charge in [-0.1, -0.05) is 34.1 Å². The van der Waals surface area contributed by atoms with Gasteiger partial charge in [0.05, 0.1) is 32.3 Å². The maximum atomic E-state index is 13.5. The van der Waals surface area contributed by atoms with Gasteiger partial charge in [0, 0.05) is 35.2 Å². The molecular formula is C32H34N2O10S2. The highest BCUT2D eigenvalue weighted by molar-refractivity contribution is 7.86. The van der Waals surface area contributed by atoms with Crippen LogP contribution >= 0.6 is 0 Å². The third-order valence-electron chi connectivity index (χ3n) is 8.82. The Morgan fingerprint density at radius 3 is 2.07 bits per heavy atom. The molecule has 12 nitrogen and oxygen atoms in total. The van der Waals surface area contributed by atoms with Crippen molar-refractivity contribution in [2.45, 2.75) is 74.0 Å². The summed E-state index contributed by atoms with van der Waals surface area (Å²) in [5.74, 6) is -1.61. The lowest BCUT2D eigenvalue weighted by Gasteiger charge is -2.29. The summed E-state index contributed by atoms with van der Waals surface area (Å²) in [5, 5.41) is 20.1. The van der Waals surface area contributed by atoms with E-state index >= 15 is 0 Å². The van der Waals surface area contributed by atoms with Gasteiger partial charge in [0.25, 0.3) is 20.2 Å². The summed E-state index contributed by atoms with van der Waals surface area (Å²) in [5.41, 5.74) is 1.61. The summed E-state index contributed by atoms with van der Waals surface area (Å²) in [6.07, 6.45) is 4.73.